The molecule has 0 aliphatic carbocycles. The standard InChI is InChI=1S/C11H11NO3/c1-8(13)15-7-11(14)10-4-2-3-9(5-10)6-12/h2-5,11,14H,7H2,1H3/t11-/m1/s1. The van der Waals surface area contributed by atoms with Crippen molar-refractivity contribution >= 4 is 5.97 Å². The lowest BCUT2D eigenvalue weighted by molar-refractivity contribution is -0.144. The highest BCUT2D eigenvalue weighted by Gasteiger charge is 2.09. The number of aliphatic hydroxyl groups excluding tert-OH is 1. The fraction of sp³-hybridized carbons (Fsp3) is 0.273. The molecule has 0 amide bonds. The van der Waals surface area contributed by atoms with Crippen LogP contribution < -0.4 is 0 Å². The number of hydrogen-bond acceptors (Lipinski definition) is 4. The molecule has 1 aromatic carbocycles. The van der Waals surface area contributed by atoms with Gasteiger partial charge in [-0.15, -0.1) is 0 Å². The summed E-state index contributed by atoms with van der Waals surface area (Å²) in [5, 5.41) is 18.2. The van der Waals surface area contributed by atoms with Crippen LogP contribution in [0.25, 0.3) is 0 Å². The highest BCUT2D eigenvalue weighted by Crippen LogP contribution is 2.14. The fourth-order valence-corrected chi connectivity index (χ4v) is 1.11. The van der Waals surface area contributed by atoms with Gasteiger partial charge in [-0.25, -0.2) is 0 Å². The number of aliphatic hydroxyl groups is 1. The van der Waals surface area contributed by atoms with Gasteiger partial charge in [0.2, 0.25) is 0 Å². The molecule has 4 nitrogen and oxygen atoms in total. The second-order valence-corrected chi connectivity index (χ2v) is 3.06. The van der Waals surface area contributed by atoms with E-state index in [1.165, 1.54) is 6.92 Å². The Labute approximate surface area is 87.7 Å². The Kier molecular flexibility index (Phi) is 3.83. The normalized spacial score (nSPS) is 11.5. The minimum absolute atomic E-state index is 0.0930. The third kappa shape index (κ3) is 3.41. The van der Waals surface area contributed by atoms with Gasteiger partial charge >= 0.3 is 5.97 Å². The van der Waals surface area contributed by atoms with Gasteiger partial charge in [-0.3, -0.25) is 4.79 Å². The van der Waals surface area contributed by atoms with Crippen molar-refractivity contribution in [3.05, 3.63) is 35.4 Å². The van der Waals surface area contributed by atoms with Crippen molar-refractivity contribution in [1.29, 1.82) is 5.26 Å². The molecular weight excluding hydrogens is 194 g/mol. The molecule has 1 atom stereocenters. The largest absolute Gasteiger partial charge is 0.463 e. The van der Waals surface area contributed by atoms with E-state index in [2.05, 4.69) is 4.74 Å². The summed E-state index contributed by atoms with van der Waals surface area (Å²) in [6.45, 7) is 1.18. The average molecular weight is 205 g/mol. The Balaban J connectivity index is 2.69. The number of hydrogen-bond donors (Lipinski definition) is 1. The highest BCUT2D eigenvalue weighted by atomic mass is 16.5. The van der Waals surface area contributed by atoms with Crippen LogP contribution in [0.1, 0.15) is 24.2 Å². The number of benzene rings is 1. The molecule has 15 heavy (non-hydrogen) atoms. The van der Waals surface area contributed by atoms with E-state index < -0.39 is 12.1 Å². The fourth-order valence-electron chi connectivity index (χ4n) is 1.11. The predicted octanol–water partition coefficient (Wildman–Crippen LogP) is 1.15. The maximum atomic E-state index is 10.5. The maximum absolute atomic E-state index is 10.5. The zero-order chi connectivity index (χ0) is 11.3. The van der Waals surface area contributed by atoms with E-state index in [9.17, 15) is 9.90 Å². The molecule has 0 aliphatic rings. The lowest BCUT2D eigenvalue weighted by atomic mass is 10.1. The smallest absolute Gasteiger partial charge is 0.302 e. The second-order valence-electron chi connectivity index (χ2n) is 3.06. The van der Waals surface area contributed by atoms with E-state index in [4.69, 9.17) is 5.26 Å². The van der Waals surface area contributed by atoms with Crippen molar-refractivity contribution in [3.63, 3.8) is 0 Å². The molecule has 0 saturated carbocycles. The first-order chi connectivity index (χ1) is 7.13. The quantitative estimate of drug-likeness (QED) is 0.751. The van der Waals surface area contributed by atoms with Crippen molar-refractivity contribution in [3.8, 4) is 6.07 Å². The monoisotopic (exact) mass is 205 g/mol. The summed E-state index contributed by atoms with van der Waals surface area (Å²) < 4.78 is 4.66. The van der Waals surface area contributed by atoms with Gasteiger partial charge in [-0.05, 0) is 17.7 Å². The van der Waals surface area contributed by atoms with Crippen LogP contribution in [0.15, 0.2) is 24.3 Å². The number of nitriles is 1. The van der Waals surface area contributed by atoms with E-state index >= 15 is 0 Å². The van der Waals surface area contributed by atoms with Crippen LogP contribution in [0.4, 0.5) is 0 Å². The first kappa shape index (κ1) is 11.2. The van der Waals surface area contributed by atoms with Gasteiger partial charge in [-0.1, -0.05) is 12.1 Å². The van der Waals surface area contributed by atoms with E-state index in [1.54, 1.807) is 24.3 Å². The van der Waals surface area contributed by atoms with Gasteiger partial charge in [0.05, 0.1) is 11.6 Å². The Hall–Kier alpha value is -1.86. The summed E-state index contributed by atoms with van der Waals surface area (Å²) in [7, 11) is 0. The molecule has 1 N–H and O–H groups in total. The van der Waals surface area contributed by atoms with Crippen LogP contribution in [0.5, 0.6) is 0 Å². The van der Waals surface area contributed by atoms with Gasteiger partial charge in [0.15, 0.2) is 0 Å². The molecular formula is C11H11NO3. The molecule has 0 spiro atoms. The SMILES string of the molecule is CC(=O)OC[C@@H](O)c1cccc(C#N)c1. The van der Waals surface area contributed by atoms with Crippen molar-refractivity contribution < 1.29 is 14.6 Å². The number of carbonyl (C=O) groups is 1. The topological polar surface area (TPSA) is 70.3 Å². The molecule has 0 aliphatic heterocycles. The maximum Gasteiger partial charge on any atom is 0.302 e. The molecule has 0 saturated heterocycles. The van der Waals surface area contributed by atoms with Gasteiger partial charge in [0.1, 0.15) is 12.7 Å². The molecule has 1 rings (SSSR count). The molecule has 4 heteroatoms. The summed E-state index contributed by atoms with van der Waals surface area (Å²) >= 11 is 0. The van der Waals surface area contributed by atoms with Crippen LogP contribution in [0.3, 0.4) is 0 Å². The first-order valence-electron chi connectivity index (χ1n) is 4.45. The van der Waals surface area contributed by atoms with Crippen LogP contribution in [-0.2, 0) is 9.53 Å². The van der Waals surface area contributed by atoms with Gasteiger partial charge < -0.3 is 9.84 Å². The van der Waals surface area contributed by atoms with Crippen LogP contribution in [0, 0.1) is 11.3 Å². The van der Waals surface area contributed by atoms with Gasteiger partial charge in [0.25, 0.3) is 0 Å². The van der Waals surface area contributed by atoms with E-state index in [1.807, 2.05) is 6.07 Å². The van der Waals surface area contributed by atoms with Crippen LogP contribution in [0.2, 0.25) is 0 Å². The van der Waals surface area contributed by atoms with Gasteiger partial charge in [-0.2, -0.15) is 5.26 Å². The zero-order valence-electron chi connectivity index (χ0n) is 8.30. The highest BCUT2D eigenvalue weighted by molar-refractivity contribution is 5.65. The molecule has 0 bridgehead atoms. The lowest BCUT2D eigenvalue weighted by Gasteiger charge is -2.10. The molecule has 78 valence electrons. The van der Waals surface area contributed by atoms with Crippen molar-refractivity contribution in [2.75, 3.05) is 6.61 Å². The van der Waals surface area contributed by atoms with Gasteiger partial charge in [0, 0.05) is 6.92 Å². The number of rotatable bonds is 3. The average Bonchev–Trinajstić information content (AvgIpc) is 2.26. The zero-order valence-corrected chi connectivity index (χ0v) is 8.30. The van der Waals surface area contributed by atoms with Crippen LogP contribution >= 0.6 is 0 Å². The molecule has 0 aromatic heterocycles. The van der Waals surface area contributed by atoms with Crippen molar-refractivity contribution in [1.82, 2.24) is 0 Å². The molecule has 1 aromatic rings. The summed E-state index contributed by atoms with van der Waals surface area (Å²) in [5.74, 6) is -0.439. The minimum atomic E-state index is -0.887. The van der Waals surface area contributed by atoms with E-state index in [0.29, 0.717) is 11.1 Å². The summed E-state index contributed by atoms with van der Waals surface area (Å²) in [6, 6.07) is 8.52. The van der Waals surface area contributed by atoms with E-state index in [-0.39, 0.29) is 6.61 Å². The molecule has 0 radical (unpaired) electrons. The number of esters is 1. The Morgan fingerprint density at radius 1 is 1.67 bits per heavy atom. The van der Waals surface area contributed by atoms with Crippen molar-refractivity contribution in [2.24, 2.45) is 0 Å². The Morgan fingerprint density at radius 3 is 3.00 bits per heavy atom. The first-order valence-corrected chi connectivity index (χ1v) is 4.45. The summed E-state index contributed by atoms with van der Waals surface area (Å²) in [5.41, 5.74) is 1.03. The lowest BCUT2D eigenvalue weighted by Crippen LogP contribution is -2.10. The summed E-state index contributed by atoms with van der Waals surface area (Å²) in [4.78, 5) is 10.5. The minimum Gasteiger partial charge on any atom is -0.463 e. The number of carbonyl (C=O) groups excluding carboxylic acids is 1. The molecule has 0 fully saturated rings. The second kappa shape index (κ2) is 5.13. The Bertz CT molecular complexity index is 395. The summed E-state index contributed by atoms with van der Waals surface area (Å²) in [6.07, 6.45) is -0.887. The number of ether oxygens (including phenoxy) is 1. The van der Waals surface area contributed by atoms with Crippen LogP contribution in [-0.4, -0.2) is 17.7 Å². The number of nitrogens with zero attached hydrogens (tertiary/aromatic N) is 1. The Morgan fingerprint density at radius 2 is 2.40 bits per heavy atom. The molecule has 0 unspecified atom stereocenters. The predicted molar refractivity (Wildman–Crippen MR) is 52.7 cm³/mol. The molecule has 0 heterocycles. The third-order valence-corrected chi connectivity index (χ3v) is 1.84. The van der Waals surface area contributed by atoms with Crippen molar-refractivity contribution in [2.45, 2.75) is 13.0 Å². The van der Waals surface area contributed by atoms with E-state index in [0.717, 1.165) is 0 Å². The third-order valence-electron chi connectivity index (χ3n) is 1.84.